The van der Waals surface area contributed by atoms with Crippen LogP contribution in [0.5, 0.6) is 0 Å². The molecule has 0 saturated carbocycles. The highest BCUT2D eigenvalue weighted by Crippen LogP contribution is 2.35. The van der Waals surface area contributed by atoms with E-state index < -0.39 is 0 Å². The molecule has 1 aliphatic heterocycles. The summed E-state index contributed by atoms with van der Waals surface area (Å²) < 4.78 is 0. The van der Waals surface area contributed by atoms with Gasteiger partial charge in [-0.05, 0) is 49.1 Å². The minimum atomic E-state index is 0.451. The van der Waals surface area contributed by atoms with Gasteiger partial charge >= 0.3 is 0 Å². The topological polar surface area (TPSA) is 40.2 Å². The van der Waals surface area contributed by atoms with Gasteiger partial charge in [0.1, 0.15) is 5.82 Å². The first-order valence-corrected chi connectivity index (χ1v) is 10.0. The SMILES string of the molecule is Cc1c(CNc2ccccc2)cnc2c1N(Cc1ccccc1)C(C)CCN2. The zero-order valence-corrected chi connectivity index (χ0v) is 16.7. The maximum Gasteiger partial charge on any atom is 0.149 e. The molecule has 0 fully saturated rings. The Kier molecular flexibility index (Phi) is 5.47. The molecule has 0 spiro atoms. The van der Waals surface area contributed by atoms with Crippen molar-refractivity contribution >= 4 is 17.2 Å². The zero-order chi connectivity index (χ0) is 19.3. The molecule has 2 N–H and O–H groups in total. The van der Waals surface area contributed by atoms with Crippen molar-refractivity contribution in [3.63, 3.8) is 0 Å². The fourth-order valence-electron chi connectivity index (χ4n) is 3.83. The molecule has 1 aromatic heterocycles. The first kappa shape index (κ1) is 18.4. The molecule has 2 aromatic carbocycles. The second-order valence-electron chi connectivity index (χ2n) is 7.50. The minimum absolute atomic E-state index is 0.451. The van der Waals surface area contributed by atoms with Crippen LogP contribution >= 0.6 is 0 Å². The van der Waals surface area contributed by atoms with Gasteiger partial charge in [-0.3, -0.25) is 0 Å². The molecule has 4 nitrogen and oxygen atoms in total. The predicted octanol–water partition coefficient (Wildman–Crippen LogP) is 5.21. The number of rotatable bonds is 5. The Balaban J connectivity index is 1.65. The van der Waals surface area contributed by atoms with E-state index in [0.29, 0.717) is 6.04 Å². The van der Waals surface area contributed by atoms with Crippen LogP contribution in [0, 0.1) is 6.92 Å². The van der Waals surface area contributed by atoms with Crippen LogP contribution in [0.25, 0.3) is 0 Å². The van der Waals surface area contributed by atoms with Crippen molar-refractivity contribution in [3.05, 3.63) is 83.6 Å². The third-order valence-corrected chi connectivity index (χ3v) is 5.54. The number of anilines is 3. The highest BCUT2D eigenvalue weighted by molar-refractivity contribution is 5.72. The van der Waals surface area contributed by atoms with E-state index in [1.54, 1.807) is 0 Å². The van der Waals surface area contributed by atoms with Gasteiger partial charge in [0.25, 0.3) is 0 Å². The second kappa shape index (κ2) is 8.34. The van der Waals surface area contributed by atoms with Crippen LogP contribution in [0.3, 0.4) is 0 Å². The number of hydrogen-bond donors (Lipinski definition) is 2. The van der Waals surface area contributed by atoms with E-state index in [1.165, 1.54) is 22.4 Å². The largest absolute Gasteiger partial charge is 0.381 e. The van der Waals surface area contributed by atoms with E-state index in [1.807, 2.05) is 12.3 Å². The van der Waals surface area contributed by atoms with Gasteiger partial charge in [0, 0.05) is 37.6 Å². The third-order valence-electron chi connectivity index (χ3n) is 5.54. The summed E-state index contributed by atoms with van der Waals surface area (Å²) in [6.45, 7) is 7.15. The van der Waals surface area contributed by atoms with Gasteiger partial charge < -0.3 is 15.5 Å². The lowest BCUT2D eigenvalue weighted by Crippen LogP contribution is -2.33. The van der Waals surface area contributed by atoms with Crippen molar-refractivity contribution in [2.45, 2.75) is 39.4 Å². The number of aromatic nitrogens is 1. The van der Waals surface area contributed by atoms with Crippen molar-refractivity contribution < 1.29 is 0 Å². The molecule has 1 atom stereocenters. The fraction of sp³-hybridized carbons (Fsp3) is 0.292. The molecule has 0 saturated heterocycles. The first-order chi connectivity index (χ1) is 13.7. The molecule has 2 heterocycles. The summed E-state index contributed by atoms with van der Waals surface area (Å²) in [6.07, 6.45) is 3.11. The summed E-state index contributed by atoms with van der Waals surface area (Å²) in [5.41, 5.74) is 6.22. The Bertz CT molecular complexity index is 909. The molecular weight excluding hydrogens is 344 g/mol. The molecule has 0 amide bonds. The average Bonchev–Trinajstić information content (AvgIpc) is 2.88. The van der Waals surface area contributed by atoms with Crippen molar-refractivity contribution in [2.75, 3.05) is 22.1 Å². The Morgan fingerprint density at radius 2 is 1.79 bits per heavy atom. The zero-order valence-electron chi connectivity index (χ0n) is 16.7. The average molecular weight is 373 g/mol. The highest BCUT2D eigenvalue weighted by Gasteiger charge is 2.25. The van der Waals surface area contributed by atoms with Gasteiger partial charge in [0.2, 0.25) is 0 Å². The van der Waals surface area contributed by atoms with Crippen LogP contribution in [0.4, 0.5) is 17.2 Å². The van der Waals surface area contributed by atoms with Gasteiger partial charge in [0.05, 0.1) is 5.69 Å². The predicted molar refractivity (Wildman–Crippen MR) is 118 cm³/mol. The standard InChI is InChI=1S/C24H28N4/c1-18-13-14-25-24-23(28(18)17-20-9-5-3-6-10-20)19(2)21(16-27-24)15-26-22-11-7-4-8-12-22/h3-12,16,18,26H,13-15,17H2,1-2H3,(H,25,27). The van der Waals surface area contributed by atoms with E-state index in [-0.39, 0.29) is 0 Å². The molecule has 28 heavy (non-hydrogen) atoms. The fourth-order valence-corrected chi connectivity index (χ4v) is 3.83. The summed E-state index contributed by atoms with van der Waals surface area (Å²) >= 11 is 0. The quantitative estimate of drug-likeness (QED) is 0.645. The van der Waals surface area contributed by atoms with Crippen LogP contribution in [0.2, 0.25) is 0 Å². The van der Waals surface area contributed by atoms with Gasteiger partial charge in [-0.25, -0.2) is 4.98 Å². The smallest absolute Gasteiger partial charge is 0.149 e. The van der Waals surface area contributed by atoms with Crippen molar-refractivity contribution in [1.29, 1.82) is 0 Å². The van der Waals surface area contributed by atoms with E-state index in [9.17, 15) is 0 Å². The molecular formula is C24H28N4. The summed E-state index contributed by atoms with van der Waals surface area (Å²) in [7, 11) is 0. The van der Waals surface area contributed by atoms with Crippen molar-refractivity contribution in [1.82, 2.24) is 4.98 Å². The van der Waals surface area contributed by atoms with Crippen LogP contribution in [-0.4, -0.2) is 17.6 Å². The number of benzene rings is 2. The van der Waals surface area contributed by atoms with Crippen molar-refractivity contribution in [2.24, 2.45) is 0 Å². The summed E-state index contributed by atoms with van der Waals surface area (Å²) in [4.78, 5) is 7.30. The Hall–Kier alpha value is -3.01. The van der Waals surface area contributed by atoms with Crippen LogP contribution in [0.15, 0.2) is 66.9 Å². The molecule has 4 rings (SSSR count). The van der Waals surface area contributed by atoms with Crippen LogP contribution in [0.1, 0.15) is 30.0 Å². The molecule has 0 bridgehead atoms. The van der Waals surface area contributed by atoms with Gasteiger partial charge in [-0.15, -0.1) is 0 Å². The molecule has 144 valence electrons. The van der Waals surface area contributed by atoms with E-state index >= 15 is 0 Å². The lowest BCUT2D eigenvalue weighted by Gasteiger charge is -2.32. The number of para-hydroxylation sites is 1. The maximum atomic E-state index is 4.79. The molecule has 1 aliphatic rings. The molecule has 4 heteroatoms. The molecule has 0 aliphatic carbocycles. The summed E-state index contributed by atoms with van der Waals surface area (Å²) in [5.74, 6) is 1.00. The molecule has 0 radical (unpaired) electrons. The van der Waals surface area contributed by atoms with Gasteiger partial charge in [-0.1, -0.05) is 48.5 Å². The van der Waals surface area contributed by atoms with Gasteiger partial charge in [0.15, 0.2) is 0 Å². The van der Waals surface area contributed by atoms with Crippen LogP contribution < -0.4 is 15.5 Å². The number of fused-ring (bicyclic) bond motifs is 1. The Morgan fingerprint density at radius 1 is 1.07 bits per heavy atom. The van der Waals surface area contributed by atoms with Crippen LogP contribution in [-0.2, 0) is 13.1 Å². The Morgan fingerprint density at radius 3 is 2.54 bits per heavy atom. The molecule has 1 unspecified atom stereocenters. The number of nitrogens with one attached hydrogen (secondary N) is 2. The number of pyridine rings is 1. The highest BCUT2D eigenvalue weighted by atomic mass is 15.2. The monoisotopic (exact) mass is 372 g/mol. The normalized spacial score (nSPS) is 16.1. The maximum absolute atomic E-state index is 4.79. The lowest BCUT2D eigenvalue weighted by atomic mass is 10.1. The van der Waals surface area contributed by atoms with E-state index in [4.69, 9.17) is 4.98 Å². The minimum Gasteiger partial charge on any atom is -0.381 e. The van der Waals surface area contributed by atoms with Crippen molar-refractivity contribution in [3.8, 4) is 0 Å². The second-order valence-corrected chi connectivity index (χ2v) is 7.50. The van der Waals surface area contributed by atoms with E-state index in [2.05, 4.69) is 84.0 Å². The number of nitrogens with zero attached hydrogens (tertiary/aromatic N) is 2. The summed E-state index contributed by atoms with van der Waals surface area (Å²) in [6, 6.07) is 21.5. The Labute approximate surface area is 167 Å². The number of hydrogen-bond acceptors (Lipinski definition) is 4. The van der Waals surface area contributed by atoms with Gasteiger partial charge in [-0.2, -0.15) is 0 Å². The lowest BCUT2D eigenvalue weighted by molar-refractivity contribution is 0.610. The summed E-state index contributed by atoms with van der Waals surface area (Å²) in [5, 5.41) is 7.06. The van der Waals surface area contributed by atoms with E-state index in [0.717, 1.165) is 37.6 Å². The first-order valence-electron chi connectivity index (χ1n) is 10.0. The third kappa shape index (κ3) is 3.96. The molecule has 3 aromatic rings.